The maximum Gasteiger partial charge on any atom is 0.326 e. The summed E-state index contributed by atoms with van der Waals surface area (Å²) in [5, 5.41) is 16.8. The molecule has 0 radical (unpaired) electrons. The van der Waals surface area contributed by atoms with E-state index in [4.69, 9.17) is 4.52 Å². The van der Waals surface area contributed by atoms with Gasteiger partial charge in [0.1, 0.15) is 18.0 Å². The average Bonchev–Trinajstić information content (AvgIpc) is 3.11. The molecule has 0 saturated heterocycles. The fourth-order valence-electron chi connectivity index (χ4n) is 3.48. The van der Waals surface area contributed by atoms with Crippen molar-refractivity contribution in [2.75, 3.05) is 5.32 Å². The van der Waals surface area contributed by atoms with Crippen LogP contribution in [0.5, 0.6) is 0 Å². The highest BCUT2D eigenvalue weighted by Gasteiger charge is 2.27. The molecule has 6 nitrogen and oxygen atoms in total. The highest BCUT2D eigenvalue weighted by atomic mass is 16.5. The van der Waals surface area contributed by atoms with Crippen molar-refractivity contribution in [1.29, 1.82) is 0 Å². The third kappa shape index (κ3) is 3.33. The monoisotopic (exact) mass is 362 g/mol. The van der Waals surface area contributed by atoms with E-state index in [9.17, 15) is 14.7 Å². The number of anilines is 1. The Morgan fingerprint density at radius 1 is 1.22 bits per heavy atom. The molecule has 1 aliphatic rings. The number of nitrogens with zero attached hydrogens (tertiary/aromatic N) is 1. The lowest BCUT2D eigenvalue weighted by Crippen LogP contribution is -2.31. The normalized spacial score (nSPS) is 13.3. The Labute approximate surface area is 155 Å². The summed E-state index contributed by atoms with van der Waals surface area (Å²) in [6.07, 6.45) is 2.57. The summed E-state index contributed by atoms with van der Waals surface area (Å²) in [5.41, 5.74) is 5.20. The molecule has 0 unspecified atom stereocenters. The SMILES string of the molecule is O=Cc1cccc(C[C@H](Nc2onc3c2CCc2ccccc2-3)C(=O)O)c1. The van der Waals surface area contributed by atoms with Gasteiger partial charge in [0.05, 0.1) is 0 Å². The number of nitrogens with one attached hydrogen (secondary N) is 1. The lowest BCUT2D eigenvalue weighted by molar-refractivity contribution is -0.137. The van der Waals surface area contributed by atoms with E-state index < -0.39 is 12.0 Å². The number of aliphatic carboxylic acids is 1. The van der Waals surface area contributed by atoms with Gasteiger partial charge in [0.2, 0.25) is 5.88 Å². The van der Waals surface area contributed by atoms with Crippen molar-refractivity contribution in [3.05, 3.63) is 70.8 Å². The summed E-state index contributed by atoms with van der Waals surface area (Å²) in [6.45, 7) is 0. The minimum Gasteiger partial charge on any atom is -0.480 e. The van der Waals surface area contributed by atoms with E-state index in [-0.39, 0.29) is 6.42 Å². The van der Waals surface area contributed by atoms with Crippen molar-refractivity contribution >= 4 is 18.1 Å². The van der Waals surface area contributed by atoms with Crippen molar-refractivity contribution in [3.63, 3.8) is 0 Å². The average molecular weight is 362 g/mol. The Hall–Kier alpha value is -3.41. The second-order valence-electron chi connectivity index (χ2n) is 6.60. The van der Waals surface area contributed by atoms with Crippen LogP contribution in [0.4, 0.5) is 5.88 Å². The molecule has 0 fully saturated rings. The third-order valence-electron chi connectivity index (χ3n) is 4.84. The second kappa shape index (κ2) is 7.07. The molecule has 2 N–H and O–H groups in total. The minimum absolute atomic E-state index is 0.225. The van der Waals surface area contributed by atoms with Crippen molar-refractivity contribution in [2.24, 2.45) is 0 Å². The molecule has 1 aliphatic carbocycles. The van der Waals surface area contributed by atoms with Gasteiger partial charge in [-0.1, -0.05) is 47.6 Å². The summed E-state index contributed by atoms with van der Waals surface area (Å²) >= 11 is 0. The Kier molecular flexibility index (Phi) is 4.46. The fourth-order valence-corrected chi connectivity index (χ4v) is 3.48. The smallest absolute Gasteiger partial charge is 0.326 e. The molecule has 1 aromatic heterocycles. The molecule has 2 aromatic carbocycles. The van der Waals surface area contributed by atoms with E-state index >= 15 is 0 Å². The molecule has 0 amide bonds. The molecule has 0 aliphatic heterocycles. The molecule has 1 heterocycles. The molecular weight excluding hydrogens is 344 g/mol. The quantitative estimate of drug-likeness (QED) is 0.653. The van der Waals surface area contributed by atoms with Gasteiger partial charge in [-0.2, -0.15) is 0 Å². The number of carbonyl (C=O) groups excluding carboxylic acids is 1. The molecular formula is C21H18N2O4. The second-order valence-corrected chi connectivity index (χ2v) is 6.60. The number of fused-ring (bicyclic) bond motifs is 3. The van der Waals surface area contributed by atoms with Crippen LogP contribution in [0.3, 0.4) is 0 Å². The van der Waals surface area contributed by atoms with Gasteiger partial charge >= 0.3 is 5.97 Å². The van der Waals surface area contributed by atoms with Crippen LogP contribution in [0.1, 0.15) is 27.0 Å². The van der Waals surface area contributed by atoms with Crippen molar-refractivity contribution in [3.8, 4) is 11.3 Å². The predicted octanol–water partition coefficient (Wildman–Crippen LogP) is 3.36. The molecule has 0 bridgehead atoms. The van der Waals surface area contributed by atoms with Crippen LogP contribution in [-0.4, -0.2) is 28.6 Å². The van der Waals surface area contributed by atoms with Gasteiger partial charge in [-0.3, -0.25) is 4.79 Å². The van der Waals surface area contributed by atoms with Crippen LogP contribution in [0, 0.1) is 0 Å². The zero-order chi connectivity index (χ0) is 18.8. The van der Waals surface area contributed by atoms with E-state index in [1.165, 1.54) is 5.56 Å². The highest BCUT2D eigenvalue weighted by Crippen LogP contribution is 2.36. The number of carboxylic acid groups (broad SMARTS) is 1. The number of hydrogen-bond donors (Lipinski definition) is 2. The molecule has 3 aromatic rings. The van der Waals surface area contributed by atoms with Crippen LogP contribution >= 0.6 is 0 Å². The minimum atomic E-state index is -0.993. The topological polar surface area (TPSA) is 92.4 Å². The maximum absolute atomic E-state index is 11.8. The zero-order valence-corrected chi connectivity index (χ0v) is 14.5. The van der Waals surface area contributed by atoms with Crippen LogP contribution in [0.2, 0.25) is 0 Å². The Morgan fingerprint density at radius 3 is 2.89 bits per heavy atom. The molecule has 136 valence electrons. The van der Waals surface area contributed by atoms with Gasteiger partial charge in [-0.25, -0.2) is 4.79 Å². The number of benzene rings is 2. The summed E-state index contributed by atoms with van der Waals surface area (Å²) in [5.74, 6) is -0.591. The third-order valence-corrected chi connectivity index (χ3v) is 4.84. The Balaban J connectivity index is 1.60. The Bertz CT molecular complexity index is 1010. The van der Waals surface area contributed by atoms with Crippen LogP contribution < -0.4 is 5.32 Å². The largest absolute Gasteiger partial charge is 0.480 e. The molecule has 1 atom stereocenters. The standard InChI is InChI=1S/C21H18N2O4/c24-12-14-5-3-4-13(10-14)11-18(21(25)26)22-20-17-9-8-15-6-1-2-7-16(15)19(17)23-27-20/h1-7,10,12,18,22H,8-9,11H2,(H,25,26)/t18-/m0/s1. The van der Waals surface area contributed by atoms with E-state index in [0.717, 1.165) is 41.5 Å². The van der Waals surface area contributed by atoms with E-state index in [2.05, 4.69) is 16.5 Å². The fraction of sp³-hybridized carbons (Fsp3) is 0.190. The van der Waals surface area contributed by atoms with Crippen LogP contribution in [0.25, 0.3) is 11.3 Å². The van der Waals surface area contributed by atoms with Gasteiger partial charge in [0.25, 0.3) is 0 Å². The summed E-state index contributed by atoms with van der Waals surface area (Å²) in [6, 6.07) is 14.1. The van der Waals surface area contributed by atoms with E-state index in [1.54, 1.807) is 24.3 Å². The lowest BCUT2D eigenvalue weighted by Gasteiger charge is -2.17. The number of carboxylic acids is 1. The first-order valence-corrected chi connectivity index (χ1v) is 8.76. The number of aryl methyl sites for hydroxylation is 1. The van der Waals surface area contributed by atoms with Gasteiger partial charge in [-0.15, -0.1) is 0 Å². The number of aldehydes is 1. The molecule has 0 spiro atoms. The van der Waals surface area contributed by atoms with E-state index in [1.807, 2.05) is 18.2 Å². The predicted molar refractivity (Wildman–Crippen MR) is 99.9 cm³/mol. The van der Waals surface area contributed by atoms with Gasteiger partial charge in [-0.05, 0) is 30.0 Å². The molecule has 6 heteroatoms. The van der Waals surface area contributed by atoms with Crippen molar-refractivity contribution in [1.82, 2.24) is 5.16 Å². The number of aromatic nitrogens is 1. The Morgan fingerprint density at radius 2 is 2.07 bits per heavy atom. The van der Waals surface area contributed by atoms with E-state index in [0.29, 0.717) is 11.4 Å². The van der Waals surface area contributed by atoms with Gasteiger partial charge in [0.15, 0.2) is 0 Å². The maximum atomic E-state index is 11.8. The number of hydrogen-bond acceptors (Lipinski definition) is 5. The molecule has 27 heavy (non-hydrogen) atoms. The van der Waals surface area contributed by atoms with Gasteiger partial charge < -0.3 is 14.9 Å². The highest BCUT2D eigenvalue weighted by molar-refractivity contribution is 5.80. The first kappa shape index (κ1) is 17.0. The van der Waals surface area contributed by atoms with Crippen LogP contribution in [0.15, 0.2) is 53.1 Å². The molecule has 4 rings (SSSR count). The summed E-state index contributed by atoms with van der Waals surface area (Å²) in [4.78, 5) is 22.7. The summed E-state index contributed by atoms with van der Waals surface area (Å²) < 4.78 is 5.46. The first-order valence-electron chi connectivity index (χ1n) is 8.76. The summed E-state index contributed by atoms with van der Waals surface area (Å²) in [7, 11) is 0. The van der Waals surface area contributed by atoms with Crippen molar-refractivity contribution < 1.29 is 19.2 Å². The van der Waals surface area contributed by atoms with Crippen molar-refractivity contribution in [2.45, 2.75) is 25.3 Å². The molecule has 0 saturated carbocycles. The number of carbonyl (C=O) groups is 2. The van der Waals surface area contributed by atoms with Crippen LogP contribution in [-0.2, 0) is 24.1 Å². The lowest BCUT2D eigenvalue weighted by atomic mass is 9.90. The number of rotatable bonds is 6. The van der Waals surface area contributed by atoms with Gasteiger partial charge in [0, 0.05) is 23.1 Å². The zero-order valence-electron chi connectivity index (χ0n) is 14.5. The first-order chi connectivity index (χ1) is 13.2.